The van der Waals surface area contributed by atoms with Gasteiger partial charge in [-0.05, 0) is 30.3 Å². The first-order valence-electron chi connectivity index (χ1n) is 6.94. The molecule has 0 saturated heterocycles. The Morgan fingerprint density at radius 1 is 1.20 bits per heavy atom. The number of benzene rings is 2. The van der Waals surface area contributed by atoms with E-state index in [-0.39, 0.29) is 11.3 Å². The largest absolute Gasteiger partial charge is 0.324 e. The molecule has 0 fully saturated rings. The van der Waals surface area contributed by atoms with Crippen LogP contribution in [0.3, 0.4) is 0 Å². The minimum atomic E-state index is -4.12. The molecule has 0 spiro atoms. The number of nitrogens with zero attached hydrogens (tertiary/aromatic N) is 2. The van der Waals surface area contributed by atoms with E-state index in [1.54, 1.807) is 0 Å². The maximum Gasteiger partial charge on any atom is 0.245 e. The van der Waals surface area contributed by atoms with Crippen LogP contribution >= 0.6 is 0 Å². The lowest BCUT2D eigenvalue weighted by molar-refractivity contribution is -0.114. The summed E-state index contributed by atoms with van der Waals surface area (Å²) in [6, 6.07) is 10.7. The monoisotopic (exact) mass is 365 g/mol. The molecule has 1 amide bonds. The van der Waals surface area contributed by atoms with Crippen LogP contribution in [0, 0.1) is 23.0 Å². The molecule has 0 aliphatic heterocycles. The normalized spacial score (nSPS) is 10.8. The number of nitrogens with one attached hydrogen (secondary N) is 1. The van der Waals surface area contributed by atoms with Crippen molar-refractivity contribution in [2.45, 2.75) is 0 Å². The molecular formula is C16H13F2N3O3S. The van der Waals surface area contributed by atoms with E-state index >= 15 is 0 Å². The summed E-state index contributed by atoms with van der Waals surface area (Å²) in [5.74, 6) is -3.03. The van der Waals surface area contributed by atoms with Gasteiger partial charge < -0.3 is 5.32 Å². The second kappa shape index (κ2) is 7.27. The van der Waals surface area contributed by atoms with Crippen LogP contribution in [0.15, 0.2) is 42.5 Å². The second-order valence-electron chi connectivity index (χ2n) is 5.08. The fourth-order valence-electron chi connectivity index (χ4n) is 2.09. The van der Waals surface area contributed by atoms with E-state index in [0.29, 0.717) is 4.31 Å². The van der Waals surface area contributed by atoms with Crippen molar-refractivity contribution < 1.29 is 22.0 Å². The third kappa shape index (κ3) is 4.51. The zero-order valence-electron chi connectivity index (χ0n) is 13.0. The first-order chi connectivity index (χ1) is 11.7. The summed E-state index contributed by atoms with van der Waals surface area (Å²) >= 11 is 0. The van der Waals surface area contributed by atoms with Crippen LogP contribution in [0.25, 0.3) is 0 Å². The molecule has 130 valence electrons. The van der Waals surface area contributed by atoms with Gasteiger partial charge in [0.05, 0.1) is 17.9 Å². The SMILES string of the molecule is CS(=O)(=O)N(CC(=O)Nc1cccc(C#N)c1)c1c(F)cccc1F. The fraction of sp³-hybridized carbons (Fsp3) is 0.125. The molecular weight excluding hydrogens is 352 g/mol. The smallest absolute Gasteiger partial charge is 0.245 e. The van der Waals surface area contributed by atoms with E-state index in [9.17, 15) is 22.0 Å². The highest BCUT2D eigenvalue weighted by atomic mass is 32.2. The van der Waals surface area contributed by atoms with Gasteiger partial charge in [-0.3, -0.25) is 9.10 Å². The Labute approximate surface area is 143 Å². The van der Waals surface area contributed by atoms with E-state index in [1.165, 1.54) is 24.3 Å². The van der Waals surface area contributed by atoms with E-state index in [4.69, 9.17) is 5.26 Å². The Morgan fingerprint density at radius 3 is 2.36 bits per heavy atom. The molecule has 0 bridgehead atoms. The molecule has 0 aromatic heterocycles. The average Bonchev–Trinajstić information content (AvgIpc) is 2.53. The predicted octanol–water partition coefficient (Wildman–Crippen LogP) is 2.24. The van der Waals surface area contributed by atoms with Gasteiger partial charge in [0, 0.05) is 5.69 Å². The van der Waals surface area contributed by atoms with Gasteiger partial charge in [-0.2, -0.15) is 5.26 Å². The van der Waals surface area contributed by atoms with Crippen molar-refractivity contribution in [2.24, 2.45) is 0 Å². The Morgan fingerprint density at radius 2 is 1.80 bits per heavy atom. The highest BCUT2D eigenvalue weighted by Gasteiger charge is 2.26. The van der Waals surface area contributed by atoms with E-state index in [0.717, 1.165) is 24.5 Å². The van der Waals surface area contributed by atoms with Crippen molar-refractivity contribution in [1.82, 2.24) is 0 Å². The third-order valence-electron chi connectivity index (χ3n) is 3.15. The number of halogens is 2. The maximum absolute atomic E-state index is 13.9. The van der Waals surface area contributed by atoms with Crippen molar-refractivity contribution in [3.8, 4) is 6.07 Å². The topological polar surface area (TPSA) is 90.3 Å². The lowest BCUT2D eigenvalue weighted by Gasteiger charge is -2.22. The van der Waals surface area contributed by atoms with Crippen molar-refractivity contribution in [2.75, 3.05) is 22.4 Å². The van der Waals surface area contributed by atoms with Crippen LogP contribution in [0.2, 0.25) is 0 Å². The van der Waals surface area contributed by atoms with Gasteiger partial charge in [-0.1, -0.05) is 12.1 Å². The molecule has 0 saturated carbocycles. The molecule has 6 nitrogen and oxygen atoms in total. The van der Waals surface area contributed by atoms with Crippen molar-refractivity contribution >= 4 is 27.3 Å². The number of rotatable bonds is 5. The minimum absolute atomic E-state index is 0.256. The van der Waals surface area contributed by atoms with Crippen LogP contribution in [0.5, 0.6) is 0 Å². The van der Waals surface area contributed by atoms with Crippen molar-refractivity contribution in [3.63, 3.8) is 0 Å². The highest BCUT2D eigenvalue weighted by molar-refractivity contribution is 7.92. The summed E-state index contributed by atoms with van der Waals surface area (Å²) in [5, 5.41) is 11.2. The first kappa shape index (κ1) is 18.4. The van der Waals surface area contributed by atoms with Crippen LogP contribution in [0.1, 0.15) is 5.56 Å². The lowest BCUT2D eigenvalue weighted by Crippen LogP contribution is -2.38. The third-order valence-corrected chi connectivity index (χ3v) is 4.26. The Bertz CT molecular complexity index is 935. The van der Waals surface area contributed by atoms with Gasteiger partial charge in [-0.25, -0.2) is 17.2 Å². The number of amides is 1. The molecule has 0 heterocycles. The average molecular weight is 365 g/mol. The summed E-state index contributed by atoms with van der Waals surface area (Å²) in [6.07, 6.45) is 0.739. The van der Waals surface area contributed by atoms with Gasteiger partial charge >= 0.3 is 0 Å². The fourth-order valence-corrected chi connectivity index (χ4v) is 2.94. The van der Waals surface area contributed by atoms with Gasteiger partial charge in [0.15, 0.2) is 11.6 Å². The minimum Gasteiger partial charge on any atom is -0.324 e. The van der Waals surface area contributed by atoms with E-state index in [2.05, 4.69) is 5.32 Å². The zero-order chi connectivity index (χ0) is 18.6. The molecule has 0 aliphatic carbocycles. The molecule has 25 heavy (non-hydrogen) atoms. The quantitative estimate of drug-likeness (QED) is 0.880. The first-order valence-corrected chi connectivity index (χ1v) is 8.79. The molecule has 2 aromatic carbocycles. The molecule has 2 rings (SSSR count). The summed E-state index contributed by atoms with van der Waals surface area (Å²) in [6.45, 7) is -0.826. The van der Waals surface area contributed by atoms with E-state index < -0.39 is 39.8 Å². The maximum atomic E-state index is 13.9. The molecule has 9 heteroatoms. The van der Waals surface area contributed by atoms with E-state index in [1.807, 2.05) is 6.07 Å². The van der Waals surface area contributed by atoms with Gasteiger partial charge in [-0.15, -0.1) is 0 Å². The number of sulfonamides is 1. The predicted molar refractivity (Wildman–Crippen MR) is 88.3 cm³/mol. The lowest BCUT2D eigenvalue weighted by atomic mass is 10.2. The Hall–Kier alpha value is -2.99. The van der Waals surface area contributed by atoms with Gasteiger partial charge in [0.2, 0.25) is 15.9 Å². The molecule has 0 unspecified atom stereocenters. The summed E-state index contributed by atoms with van der Waals surface area (Å²) < 4.78 is 51.9. The Kier molecular flexibility index (Phi) is 5.34. The summed E-state index contributed by atoms with van der Waals surface area (Å²) in [5.41, 5.74) is -0.282. The Balaban J connectivity index is 2.29. The van der Waals surface area contributed by atoms with Gasteiger partial charge in [0.1, 0.15) is 12.2 Å². The number of carbonyl (C=O) groups excluding carboxylic acids is 1. The molecule has 2 aromatic rings. The second-order valence-corrected chi connectivity index (χ2v) is 6.99. The van der Waals surface area contributed by atoms with Crippen LogP contribution in [-0.2, 0) is 14.8 Å². The highest BCUT2D eigenvalue weighted by Crippen LogP contribution is 2.25. The number of carbonyl (C=O) groups is 1. The molecule has 0 aliphatic rings. The number of para-hydroxylation sites is 1. The number of anilines is 2. The number of nitriles is 1. The van der Waals surface area contributed by atoms with Crippen LogP contribution in [0.4, 0.5) is 20.2 Å². The standard InChI is InChI=1S/C16H13F2N3O3S/c1-25(23,24)21(16-13(17)6-3-7-14(16)18)10-15(22)20-12-5-2-4-11(8-12)9-19/h2-8H,10H2,1H3,(H,20,22). The van der Waals surface area contributed by atoms with Crippen molar-refractivity contribution in [3.05, 3.63) is 59.7 Å². The zero-order valence-corrected chi connectivity index (χ0v) is 13.8. The van der Waals surface area contributed by atoms with Crippen LogP contribution in [-0.4, -0.2) is 27.1 Å². The van der Waals surface area contributed by atoms with Crippen LogP contribution < -0.4 is 9.62 Å². The number of hydrogen-bond donors (Lipinski definition) is 1. The summed E-state index contributed by atoms with van der Waals surface area (Å²) in [4.78, 5) is 12.1. The number of hydrogen-bond acceptors (Lipinski definition) is 4. The van der Waals surface area contributed by atoms with Gasteiger partial charge in [0.25, 0.3) is 0 Å². The molecule has 1 N–H and O–H groups in total. The van der Waals surface area contributed by atoms with Crippen molar-refractivity contribution in [1.29, 1.82) is 5.26 Å². The molecule has 0 radical (unpaired) electrons. The summed E-state index contributed by atoms with van der Waals surface area (Å²) in [7, 11) is -4.12. The molecule has 0 atom stereocenters.